The van der Waals surface area contributed by atoms with Crippen molar-refractivity contribution in [3.63, 3.8) is 0 Å². The fourth-order valence-corrected chi connectivity index (χ4v) is 3.03. The van der Waals surface area contributed by atoms with Crippen LogP contribution in [0.2, 0.25) is 0 Å². The molecule has 1 atom stereocenters. The number of amides is 1. The molecule has 100 valence electrons. The number of aliphatic imine (C=N–C) groups is 1. The highest BCUT2D eigenvalue weighted by Gasteiger charge is 2.26. The number of carbonyl (C=O) groups is 1. The molecule has 0 aromatic heterocycles. The van der Waals surface area contributed by atoms with Crippen molar-refractivity contribution in [2.45, 2.75) is 32.1 Å². The number of hydrogen-bond donors (Lipinski definition) is 2. The highest BCUT2D eigenvalue weighted by Crippen LogP contribution is 2.34. The molecule has 1 aromatic carbocycles. The minimum absolute atomic E-state index is 0.0193. The van der Waals surface area contributed by atoms with Gasteiger partial charge in [-0.15, -0.1) is 0 Å². The summed E-state index contributed by atoms with van der Waals surface area (Å²) in [5, 5.41) is 6.25. The van der Waals surface area contributed by atoms with Crippen molar-refractivity contribution in [3.05, 3.63) is 29.3 Å². The molecule has 0 saturated carbocycles. The zero-order valence-corrected chi connectivity index (χ0v) is 11.2. The second kappa shape index (κ2) is 5.03. The zero-order valence-electron chi connectivity index (χ0n) is 11.2. The number of nitrogens with zero attached hydrogens (tertiary/aromatic N) is 1. The van der Waals surface area contributed by atoms with Crippen molar-refractivity contribution in [1.29, 1.82) is 0 Å². The standard InChI is InChI=1S/C15H19N3O/c1-10(19)18-12-5-6-13-11(9-12)3-2-4-14(13)15-16-7-8-17-15/h5-6,9,14H,2-4,7-8H2,1H3,(H,16,17)(H,18,19). The van der Waals surface area contributed by atoms with Crippen LogP contribution in [0.5, 0.6) is 0 Å². The van der Waals surface area contributed by atoms with Gasteiger partial charge in [-0.1, -0.05) is 6.07 Å². The van der Waals surface area contributed by atoms with E-state index in [0.29, 0.717) is 5.92 Å². The molecule has 19 heavy (non-hydrogen) atoms. The number of amidine groups is 1. The maximum Gasteiger partial charge on any atom is 0.221 e. The van der Waals surface area contributed by atoms with E-state index in [2.05, 4.69) is 27.8 Å². The van der Waals surface area contributed by atoms with E-state index in [4.69, 9.17) is 0 Å². The van der Waals surface area contributed by atoms with Crippen LogP contribution in [0.4, 0.5) is 5.69 Å². The Morgan fingerprint density at radius 3 is 3.11 bits per heavy atom. The minimum Gasteiger partial charge on any atom is -0.371 e. The van der Waals surface area contributed by atoms with Gasteiger partial charge in [0.1, 0.15) is 5.84 Å². The predicted octanol–water partition coefficient (Wildman–Crippen LogP) is 2.07. The van der Waals surface area contributed by atoms with Crippen molar-refractivity contribution in [2.75, 3.05) is 18.4 Å². The van der Waals surface area contributed by atoms with E-state index in [-0.39, 0.29) is 5.91 Å². The number of carbonyl (C=O) groups excluding carboxylic acids is 1. The van der Waals surface area contributed by atoms with E-state index >= 15 is 0 Å². The molecule has 2 N–H and O–H groups in total. The lowest BCUT2D eigenvalue weighted by Crippen LogP contribution is -2.28. The van der Waals surface area contributed by atoms with Gasteiger partial charge in [0.2, 0.25) is 5.91 Å². The Bertz CT molecular complexity index is 536. The fraction of sp³-hybridized carbons (Fsp3) is 0.467. The molecule has 1 aliphatic carbocycles. The molecule has 1 unspecified atom stereocenters. The maximum atomic E-state index is 11.1. The van der Waals surface area contributed by atoms with E-state index in [1.165, 1.54) is 17.5 Å². The summed E-state index contributed by atoms with van der Waals surface area (Å²) in [5.41, 5.74) is 3.61. The van der Waals surface area contributed by atoms with Gasteiger partial charge in [-0.2, -0.15) is 0 Å². The normalized spacial score (nSPS) is 21.3. The SMILES string of the molecule is CC(=O)Nc1ccc2c(c1)CCCC2C1=NCCN1. The van der Waals surface area contributed by atoms with Crippen LogP contribution in [0, 0.1) is 0 Å². The Hall–Kier alpha value is -1.84. The molecule has 4 nitrogen and oxygen atoms in total. The maximum absolute atomic E-state index is 11.1. The van der Waals surface area contributed by atoms with E-state index in [0.717, 1.165) is 37.5 Å². The molecule has 1 aliphatic heterocycles. The molecule has 0 spiro atoms. The van der Waals surface area contributed by atoms with Gasteiger partial charge in [-0.05, 0) is 42.5 Å². The topological polar surface area (TPSA) is 53.5 Å². The lowest BCUT2D eigenvalue weighted by molar-refractivity contribution is -0.114. The van der Waals surface area contributed by atoms with E-state index in [1.807, 2.05) is 6.07 Å². The van der Waals surface area contributed by atoms with Crippen LogP contribution < -0.4 is 10.6 Å². The number of aryl methyl sites for hydroxylation is 1. The minimum atomic E-state index is -0.0193. The summed E-state index contributed by atoms with van der Waals surface area (Å²) < 4.78 is 0. The number of benzene rings is 1. The number of fused-ring (bicyclic) bond motifs is 1. The molecule has 1 heterocycles. The van der Waals surface area contributed by atoms with Crippen LogP contribution in [0.25, 0.3) is 0 Å². The van der Waals surface area contributed by atoms with Crippen LogP contribution in [-0.2, 0) is 11.2 Å². The smallest absolute Gasteiger partial charge is 0.221 e. The fourth-order valence-electron chi connectivity index (χ4n) is 3.03. The molecule has 1 amide bonds. The van der Waals surface area contributed by atoms with E-state index in [9.17, 15) is 4.79 Å². The molecule has 0 fully saturated rings. The second-order valence-corrected chi connectivity index (χ2v) is 5.23. The Kier molecular flexibility index (Phi) is 3.23. The molecule has 4 heteroatoms. The van der Waals surface area contributed by atoms with Gasteiger partial charge in [0, 0.05) is 25.1 Å². The third-order valence-electron chi connectivity index (χ3n) is 3.81. The summed E-state index contributed by atoms with van der Waals surface area (Å²) >= 11 is 0. The lowest BCUT2D eigenvalue weighted by atomic mass is 9.82. The van der Waals surface area contributed by atoms with Crippen molar-refractivity contribution >= 4 is 17.4 Å². The van der Waals surface area contributed by atoms with Gasteiger partial charge in [0.15, 0.2) is 0 Å². The third kappa shape index (κ3) is 2.48. The molecule has 3 rings (SSSR count). The van der Waals surface area contributed by atoms with Gasteiger partial charge in [0.25, 0.3) is 0 Å². The average Bonchev–Trinajstić information content (AvgIpc) is 2.90. The molecule has 2 aliphatic rings. The second-order valence-electron chi connectivity index (χ2n) is 5.23. The summed E-state index contributed by atoms with van der Waals surface area (Å²) in [6.45, 7) is 3.40. The first-order valence-electron chi connectivity index (χ1n) is 6.92. The summed E-state index contributed by atoms with van der Waals surface area (Å²) in [5.74, 6) is 1.54. The van der Waals surface area contributed by atoms with Crippen LogP contribution >= 0.6 is 0 Å². The molecular formula is C15H19N3O. The zero-order chi connectivity index (χ0) is 13.2. The van der Waals surface area contributed by atoms with E-state index in [1.54, 1.807) is 6.92 Å². The summed E-state index contributed by atoms with van der Waals surface area (Å²) in [7, 11) is 0. The van der Waals surface area contributed by atoms with Gasteiger partial charge in [-0.25, -0.2) is 0 Å². The van der Waals surface area contributed by atoms with Gasteiger partial charge < -0.3 is 10.6 Å². The van der Waals surface area contributed by atoms with Crippen molar-refractivity contribution in [3.8, 4) is 0 Å². The Balaban J connectivity index is 1.90. The monoisotopic (exact) mass is 257 g/mol. The molecule has 0 radical (unpaired) electrons. The number of hydrogen-bond acceptors (Lipinski definition) is 3. The van der Waals surface area contributed by atoms with Crippen molar-refractivity contribution < 1.29 is 4.79 Å². The van der Waals surface area contributed by atoms with Crippen molar-refractivity contribution in [1.82, 2.24) is 5.32 Å². The predicted molar refractivity (Wildman–Crippen MR) is 76.7 cm³/mol. The van der Waals surface area contributed by atoms with Gasteiger partial charge in [0.05, 0.1) is 6.54 Å². The lowest BCUT2D eigenvalue weighted by Gasteiger charge is -2.26. The van der Waals surface area contributed by atoms with Gasteiger partial charge >= 0.3 is 0 Å². The number of anilines is 1. The molecule has 0 bridgehead atoms. The van der Waals surface area contributed by atoms with Crippen LogP contribution in [0.15, 0.2) is 23.2 Å². The van der Waals surface area contributed by atoms with Crippen LogP contribution in [0.1, 0.15) is 36.8 Å². The summed E-state index contributed by atoms with van der Waals surface area (Å²) in [6, 6.07) is 6.25. The summed E-state index contributed by atoms with van der Waals surface area (Å²) in [4.78, 5) is 15.7. The average molecular weight is 257 g/mol. The number of nitrogens with one attached hydrogen (secondary N) is 2. The largest absolute Gasteiger partial charge is 0.371 e. The van der Waals surface area contributed by atoms with E-state index < -0.39 is 0 Å². The Labute approximate surface area is 113 Å². The highest BCUT2D eigenvalue weighted by molar-refractivity contribution is 5.91. The number of rotatable bonds is 2. The molecule has 0 saturated heterocycles. The van der Waals surface area contributed by atoms with Crippen LogP contribution in [-0.4, -0.2) is 24.8 Å². The Morgan fingerprint density at radius 1 is 1.47 bits per heavy atom. The Morgan fingerprint density at radius 2 is 2.37 bits per heavy atom. The quantitative estimate of drug-likeness (QED) is 0.852. The molecule has 1 aromatic rings. The highest BCUT2D eigenvalue weighted by atomic mass is 16.1. The van der Waals surface area contributed by atoms with Gasteiger partial charge in [-0.3, -0.25) is 9.79 Å². The van der Waals surface area contributed by atoms with Crippen molar-refractivity contribution in [2.24, 2.45) is 4.99 Å². The van der Waals surface area contributed by atoms with Crippen LogP contribution in [0.3, 0.4) is 0 Å². The first kappa shape index (κ1) is 12.2. The molecular weight excluding hydrogens is 238 g/mol. The summed E-state index contributed by atoms with van der Waals surface area (Å²) in [6.07, 6.45) is 3.44. The first-order valence-corrected chi connectivity index (χ1v) is 6.92. The third-order valence-corrected chi connectivity index (χ3v) is 3.81. The first-order chi connectivity index (χ1) is 9.24.